The number of rotatable bonds is 3. The molecule has 0 aliphatic carbocycles. The molecule has 1 heterocycles. The third kappa shape index (κ3) is 3.97. The Hall–Kier alpha value is -2.86. The number of ketones is 1. The molecule has 0 saturated carbocycles. The van der Waals surface area contributed by atoms with E-state index >= 15 is 0 Å². The molecule has 1 amide bonds. The lowest BCUT2D eigenvalue weighted by Gasteiger charge is -2.30. The second kappa shape index (κ2) is 7.81. The highest BCUT2D eigenvalue weighted by Crippen LogP contribution is 2.24. The predicted molar refractivity (Wildman–Crippen MR) is 99.0 cm³/mol. The van der Waals surface area contributed by atoms with E-state index in [0.717, 1.165) is 24.0 Å². The first-order chi connectivity index (χ1) is 12.2. The van der Waals surface area contributed by atoms with E-state index in [0.29, 0.717) is 18.7 Å². The number of likely N-dealkylation sites (tertiary alicyclic amines) is 1. The number of nitrogens with zero attached hydrogens (tertiary/aromatic N) is 1. The molecule has 126 valence electrons. The Bertz CT molecular complexity index is 813. The zero-order valence-electron chi connectivity index (χ0n) is 14.4. The van der Waals surface area contributed by atoms with Gasteiger partial charge in [-0.05, 0) is 36.8 Å². The Labute approximate surface area is 148 Å². The van der Waals surface area contributed by atoms with Gasteiger partial charge in [0.2, 0.25) is 0 Å². The molecule has 0 radical (unpaired) electrons. The summed E-state index contributed by atoms with van der Waals surface area (Å²) in [7, 11) is 0. The molecule has 1 aliphatic heterocycles. The van der Waals surface area contributed by atoms with Gasteiger partial charge in [0.15, 0.2) is 5.78 Å². The molecule has 1 atom stereocenters. The molecule has 0 unspecified atom stereocenters. The van der Waals surface area contributed by atoms with E-state index in [4.69, 9.17) is 0 Å². The van der Waals surface area contributed by atoms with Gasteiger partial charge in [-0.25, -0.2) is 0 Å². The zero-order chi connectivity index (χ0) is 17.6. The highest BCUT2D eigenvalue weighted by atomic mass is 16.2. The van der Waals surface area contributed by atoms with Crippen LogP contribution in [0.4, 0.5) is 0 Å². The Morgan fingerprint density at radius 1 is 1.00 bits per heavy atom. The van der Waals surface area contributed by atoms with Gasteiger partial charge in [0, 0.05) is 24.6 Å². The van der Waals surface area contributed by atoms with Crippen molar-refractivity contribution < 1.29 is 9.59 Å². The van der Waals surface area contributed by atoms with E-state index in [1.165, 1.54) is 0 Å². The molecule has 1 fully saturated rings. The predicted octanol–water partition coefficient (Wildman–Crippen LogP) is 3.80. The van der Waals surface area contributed by atoms with Crippen molar-refractivity contribution in [2.75, 3.05) is 13.1 Å². The molecular formula is C22H21NO2. The smallest absolute Gasteiger partial charge is 0.298 e. The first kappa shape index (κ1) is 17.0. The minimum absolute atomic E-state index is 0.113. The number of carbonyl (C=O) groups is 2. The first-order valence-corrected chi connectivity index (χ1v) is 8.60. The molecule has 0 N–H and O–H groups in total. The first-order valence-electron chi connectivity index (χ1n) is 8.60. The number of Topliss-reactive ketones (excluding diaryl/α,β-unsaturated/α-hetero) is 1. The summed E-state index contributed by atoms with van der Waals surface area (Å²) in [6.07, 6.45) is 1.66. The summed E-state index contributed by atoms with van der Waals surface area (Å²) in [5, 5.41) is 0. The second-order valence-corrected chi connectivity index (χ2v) is 6.27. The Balaban J connectivity index is 1.72. The molecule has 0 spiro atoms. The second-order valence-electron chi connectivity index (χ2n) is 6.27. The lowest BCUT2D eigenvalue weighted by Crippen LogP contribution is -2.41. The van der Waals surface area contributed by atoms with Crippen molar-refractivity contribution in [1.82, 2.24) is 4.90 Å². The quantitative estimate of drug-likeness (QED) is 0.634. The van der Waals surface area contributed by atoms with Gasteiger partial charge in [-0.2, -0.15) is 0 Å². The van der Waals surface area contributed by atoms with Crippen LogP contribution in [-0.4, -0.2) is 29.7 Å². The standard InChI is InChI=1S/C22H21NO2/c1-2-7-21(24)23-15-6-10-20(16-23)22(25)19-13-11-18(12-14-19)17-8-4-3-5-9-17/h3-5,8-9,11-14,20H,6,10,15-16H2,1H3/t20-/m0/s1. The monoisotopic (exact) mass is 331 g/mol. The number of hydrogen-bond donors (Lipinski definition) is 0. The van der Waals surface area contributed by atoms with E-state index in [1.807, 2.05) is 42.5 Å². The molecule has 0 aromatic heterocycles. The lowest BCUT2D eigenvalue weighted by atomic mass is 9.89. The molecule has 2 aromatic rings. The average Bonchev–Trinajstić information content (AvgIpc) is 2.68. The Kier molecular flexibility index (Phi) is 5.30. The van der Waals surface area contributed by atoms with Crippen molar-refractivity contribution in [2.24, 2.45) is 5.92 Å². The Morgan fingerprint density at radius 3 is 2.36 bits per heavy atom. The number of amides is 1. The van der Waals surface area contributed by atoms with E-state index < -0.39 is 0 Å². The molecule has 1 aliphatic rings. The van der Waals surface area contributed by atoms with Gasteiger partial charge in [-0.1, -0.05) is 60.5 Å². The average molecular weight is 331 g/mol. The number of carbonyl (C=O) groups excluding carboxylic acids is 2. The van der Waals surface area contributed by atoms with Crippen LogP contribution in [0.1, 0.15) is 30.1 Å². The third-order valence-electron chi connectivity index (χ3n) is 4.59. The summed E-state index contributed by atoms with van der Waals surface area (Å²) in [5.74, 6) is 4.99. The van der Waals surface area contributed by atoms with Crippen LogP contribution in [0.25, 0.3) is 11.1 Å². The minimum Gasteiger partial charge on any atom is -0.331 e. The molecule has 25 heavy (non-hydrogen) atoms. The minimum atomic E-state index is -0.181. The number of hydrogen-bond acceptors (Lipinski definition) is 2. The van der Waals surface area contributed by atoms with Crippen molar-refractivity contribution in [1.29, 1.82) is 0 Å². The molecule has 2 aromatic carbocycles. The maximum atomic E-state index is 12.8. The van der Waals surface area contributed by atoms with Crippen molar-refractivity contribution in [3.8, 4) is 23.0 Å². The fourth-order valence-corrected chi connectivity index (χ4v) is 3.25. The highest BCUT2D eigenvalue weighted by molar-refractivity contribution is 5.99. The fraction of sp³-hybridized carbons (Fsp3) is 0.273. The van der Waals surface area contributed by atoms with E-state index in [1.54, 1.807) is 11.8 Å². The van der Waals surface area contributed by atoms with Gasteiger partial charge >= 0.3 is 0 Å². The molecular weight excluding hydrogens is 310 g/mol. The summed E-state index contributed by atoms with van der Waals surface area (Å²) in [6.45, 7) is 2.80. The Morgan fingerprint density at radius 2 is 1.68 bits per heavy atom. The summed E-state index contributed by atoms with van der Waals surface area (Å²) < 4.78 is 0. The van der Waals surface area contributed by atoms with E-state index in [9.17, 15) is 9.59 Å². The van der Waals surface area contributed by atoms with Crippen LogP contribution >= 0.6 is 0 Å². The van der Waals surface area contributed by atoms with Crippen LogP contribution in [0, 0.1) is 17.8 Å². The van der Waals surface area contributed by atoms with Gasteiger partial charge in [0.1, 0.15) is 0 Å². The number of piperidine rings is 1. The van der Waals surface area contributed by atoms with Crippen molar-refractivity contribution >= 4 is 11.7 Å². The van der Waals surface area contributed by atoms with Crippen molar-refractivity contribution in [3.63, 3.8) is 0 Å². The molecule has 3 nitrogen and oxygen atoms in total. The fourth-order valence-electron chi connectivity index (χ4n) is 3.25. The number of benzene rings is 2. The summed E-state index contributed by atoms with van der Waals surface area (Å²) in [4.78, 5) is 26.4. The third-order valence-corrected chi connectivity index (χ3v) is 4.59. The van der Waals surface area contributed by atoms with Crippen LogP contribution in [0.2, 0.25) is 0 Å². The lowest BCUT2D eigenvalue weighted by molar-refractivity contribution is -0.126. The zero-order valence-corrected chi connectivity index (χ0v) is 14.4. The van der Waals surface area contributed by atoms with E-state index in [-0.39, 0.29) is 17.6 Å². The van der Waals surface area contributed by atoms with Crippen LogP contribution < -0.4 is 0 Å². The maximum absolute atomic E-state index is 12.8. The van der Waals surface area contributed by atoms with Crippen molar-refractivity contribution in [2.45, 2.75) is 19.8 Å². The van der Waals surface area contributed by atoms with Crippen LogP contribution in [0.15, 0.2) is 54.6 Å². The summed E-state index contributed by atoms with van der Waals surface area (Å²) in [5.41, 5.74) is 2.94. The molecule has 0 bridgehead atoms. The largest absolute Gasteiger partial charge is 0.331 e. The van der Waals surface area contributed by atoms with Gasteiger partial charge in [-0.15, -0.1) is 0 Å². The molecule has 3 heteroatoms. The van der Waals surface area contributed by atoms with Crippen molar-refractivity contribution in [3.05, 3.63) is 60.2 Å². The van der Waals surface area contributed by atoms with E-state index in [2.05, 4.69) is 24.0 Å². The SMILES string of the molecule is CC#CC(=O)N1CCC[C@H](C(=O)c2ccc(-c3ccccc3)cc2)C1. The molecule has 3 rings (SSSR count). The van der Waals surface area contributed by atoms with Gasteiger partial charge in [0.05, 0.1) is 0 Å². The van der Waals surface area contributed by atoms with Crippen LogP contribution in [-0.2, 0) is 4.79 Å². The van der Waals surface area contributed by atoms with Gasteiger partial charge in [-0.3, -0.25) is 9.59 Å². The normalized spacial score (nSPS) is 16.7. The topological polar surface area (TPSA) is 37.4 Å². The van der Waals surface area contributed by atoms with Gasteiger partial charge in [0.25, 0.3) is 5.91 Å². The molecule has 1 saturated heterocycles. The maximum Gasteiger partial charge on any atom is 0.298 e. The van der Waals surface area contributed by atoms with Crippen LogP contribution in [0.5, 0.6) is 0 Å². The summed E-state index contributed by atoms with van der Waals surface area (Å²) >= 11 is 0. The highest BCUT2D eigenvalue weighted by Gasteiger charge is 2.28. The van der Waals surface area contributed by atoms with Gasteiger partial charge < -0.3 is 4.90 Å². The van der Waals surface area contributed by atoms with Crippen LogP contribution in [0.3, 0.4) is 0 Å². The summed E-state index contributed by atoms with van der Waals surface area (Å²) in [6, 6.07) is 17.8.